The van der Waals surface area contributed by atoms with Crippen molar-refractivity contribution < 1.29 is 53.4 Å². The molecule has 0 radical (unpaired) electrons. The van der Waals surface area contributed by atoms with Gasteiger partial charge in [0.05, 0.1) is 30.5 Å². The second-order valence-corrected chi connectivity index (χ2v) is 16.8. The first-order valence-electron chi connectivity index (χ1n) is 20.3. The number of hydrogen-bond donors (Lipinski definition) is 3. The maximum atomic E-state index is 14.2. The highest BCUT2D eigenvalue weighted by molar-refractivity contribution is 6.39. The highest BCUT2D eigenvalue weighted by Gasteiger charge is 2.54. The summed E-state index contributed by atoms with van der Waals surface area (Å²) < 4.78 is 23.8. The predicted octanol–water partition coefficient (Wildman–Crippen LogP) is 4.85. The number of cyclic esters (lactones) is 1. The Morgan fingerprint density at radius 3 is 2.31 bits per heavy atom. The van der Waals surface area contributed by atoms with Crippen LogP contribution in [0, 0.1) is 29.6 Å². The maximum absolute atomic E-state index is 14.2. The molecule has 3 aliphatic heterocycles. The van der Waals surface area contributed by atoms with E-state index in [4.69, 9.17) is 18.9 Å². The summed E-state index contributed by atoms with van der Waals surface area (Å²) in [5.41, 5.74) is 1.70. The fraction of sp³-hybridized carbons (Fsp3) is 0.810. The van der Waals surface area contributed by atoms with Gasteiger partial charge in [0.25, 0.3) is 11.7 Å². The number of carbonyl (C=O) groups is 4. The Bertz CT molecular complexity index is 1380. The number of aliphatic hydroxyl groups excluding tert-OH is 2. The van der Waals surface area contributed by atoms with Gasteiger partial charge in [0, 0.05) is 44.9 Å². The lowest BCUT2D eigenvalue weighted by Gasteiger charge is -2.44. The van der Waals surface area contributed by atoms with Crippen LogP contribution in [0.4, 0.5) is 0 Å². The van der Waals surface area contributed by atoms with Crippen LogP contribution >= 0.6 is 0 Å². The zero-order chi connectivity index (χ0) is 39.9. The predicted molar refractivity (Wildman–Crippen MR) is 202 cm³/mol. The molecule has 306 valence electrons. The van der Waals surface area contributed by atoms with Gasteiger partial charge in [0.15, 0.2) is 0 Å². The summed E-state index contributed by atoms with van der Waals surface area (Å²) >= 11 is 0. The highest BCUT2D eigenvalue weighted by atomic mass is 16.7. The minimum atomic E-state index is -2.40. The molecule has 1 saturated carbocycles. The second-order valence-electron chi connectivity index (χ2n) is 16.8. The molecule has 54 heavy (non-hydrogen) atoms. The largest absolute Gasteiger partial charge is 0.456 e. The van der Waals surface area contributed by atoms with Crippen molar-refractivity contribution in [3.05, 3.63) is 23.3 Å². The summed E-state index contributed by atoms with van der Waals surface area (Å²) in [4.78, 5) is 57.3. The van der Waals surface area contributed by atoms with Crippen LogP contribution in [-0.4, -0.2) is 113 Å². The van der Waals surface area contributed by atoms with Crippen molar-refractivity contribution in [1.29, 1.82) is 0 Å². The van der Waals surface area contributed by atoms with Crippen LogP contribution in [-0.2, 0) is 38.1 Å². The molecule has 3 fully saturated rings. The summed E-state index contributed by atoms with van der Waals surface area (Å²) in [6, 6.07) is -1.10. The zero-order valence-corrected chi connectivity index (χ0v) is 33.8. The third-order valence-electron chi connectivity index (χ3n) is 12.6. The molecule has 2 bridgehead atoms. The van der Waals surface area contributed by atoms with E-state index in [1.165, 1.54) is 4.90 Å². The number of hydrogen-bond acceptors (Lipinski definition) is 11. The number of piperidine rings is 1. The van der Waals surface area contributed by atoms with Crippen LogP contribution in [0.5, 0.6) is 0 Å². The van der Waals surface area contributed by atoms with Crippen molar-refractivity contribution in [3.63, 3.8) is 0 Å². The summed E-state index contributed by atoms with van der Waals surface area (Å²) in [7, 11) is 3.13. The molecule has 2 saturated heterocycles. The number of ether oxygens (including phenoxy) is 4. The number of rotatable bonds is 5. The van der Waals surface area contributed by atoms with E-state index in [1.807, 2.05) is 32.9 Å². The molecule has 1 unspecified atom stereocenters. The Labute approximate surface area is 322 Å². The number of carbonyl (C=O) groups excluding carboxylic acids is 4. The van der Waals surface area contributed by atoms with Gasteiger partial charge < -0.3 is 39.2 Å². The molecular weight excluding hydrogens is 694 g/mol. The Morgan fingerprint density at radius 2 is 1.65 bits per heavy atom. The van der Waals surface area contributed by atoms with Gasteiger partial charge >= 0.3 is 5.97 Å². The van der Waals surface area contributed by atoms with Crippen LogP contribution in [0.3, 0.4) is 0 Å². The first-order valence-corrected chi connectivity index (χ1v) is 20.3. The normalized spacial score (nSPS) is 41.3. The first kappa shape index (κ1) is 44.2. The van der Waals surface area contributed by atoms with Crippen molar-refractivity contribution >= 4 is 23.4 Å². The molecule has 12 nitrogen and oxygen atoms in total. The number of amides is 1. The number of esters is 1. The van der Waals surface area contributed by atoms with Gasteiger partial charge in [-0.3, -0.25) is 14.4 Å². The van der Waals surface area contributed by atoms with Crippen molar-refractivity contribution in [2.24, 2.45) is 29.6 Å². The highest BCUT2D eigenvalue weighted by Crippen LogP contribution is 2.38. The van der Waals surface area contributed by atoms with Gasteiger partial charge in [0.2, 0.25) is 5.79 Å². The molecule has 4 rings (SSSR count). The molecule has 0 aromatic heterocycles. The number of allylic oxidation sites excluding steroid dienone is 3. The van der Waals surface area contributed by atoms with E-state index in [-0.39, 0.29) is 43.1 Å². The van der Waals surface area contributed by atoms with Crippen molar-refractivity contribution in [3.8, 4) is 0 Å². The van der Waals surface area contributed by atoms with Gasteiger partial charge in [-0.2, -0.15) is 0 Å². The van der Waals surface area contributed by atoms with Crippen LogP contribution in [0.1, 0.15) is 119 Å². The molecule has 0 spiro atoms. The number of aliphatic hydroxyl groups is 3. The summed E-state index contributed by atoms with van der Waals surface area (Å²) in [6.07, 6.45) is 5.70. The minimum Gasteiger partial charge on any atom is -0.456 e. The van der Waals surface area contributed by atoms with Gasteiger partial charge in [-0.05, 0) is 102 Å². The van der Waals surface area contributed by atoms with Crippen LogP contribution in [0.25, 0.3) is 0 Å². The lowest BCUT2D eigenvalue weighted by molar-refractivity contribution is -0.278. The number of methoxy groups -OCH3 is 2. The summed E-state index contributed by atoms with van der Waals surface area (Å²) in [5.74, 6) is -7.01. The number of ketones is 2. The van der Waals surface area contributed by atoms with Gasteiger partial charge in [-0.25, -0.2) is 4.79 Å². The van der Waals surface area contributed by atoms with E-state index in [2.05, 4.69) is 6.92 Å². The first-order chi connectivity index (χ1) is 25.5. The average Bonchev–Trinajstić information content (AvgIpc) is 3.15. The van der Waals surface area contributed by atoms with E-state index in [1.54, 1.807) is 28.1 Å². The zero-order valence-electron chi connectivity index (χ0n) is 33.8. The fourth-order valence-corrected chi connectivity index (χ4v) is 9.12. The van der Waals surface area contributed by atoms with Crippen molar-refractivity contribution in [2.75, 3.05) is 20.8 Å². The third-order valence-corrected chi connectivity index (χ3v) is 12.6. The van der Waals surface area contributed by atoms with Crippen molar-refractivity contribution in [1.82, 2.24) is 4.90 Å². The Hall–Kier alpha value is -2.48. The molecule has 0 aromatic rings. The Morgan fingerprint density at radius 1 is 0.944 bits per heavy atom. The van der Waals surface area contributed by atoms with E-state index in [0.29, 0.717) is 69.8 Å². The van der Waals surface area contributed by atoms with E-state index < -0.39 is 77.8 Å². The van der Waals surface area contributed by atoms with E-state index >= 15 is 0 Å². The standard InChI is InChI=1S/C42H67NO11/c1-9-30-19-24(2)18-25(3)20-37(52-8)35-16-13-27(5)42(50,54-35)39(47)40(48)43-17-11-10-12-31(43)41(49)53-38(28(6)33(45)23-34(30)46)26(4)21-29-14-15-32(44)36(22-29)51-7/h19,21,25,27-33,35-38,44-45,50H,9-18,20,22-23H2,1-8H3/b24-19+,26-21+/t25-,27+,28+,29-,30+,31?,32+,33-,35-,36+,37-,38+,42+/m0/s1. The van der Waals surface area contributed by atoms with Crippen LogP contribution < -0.4 is 0 Å². The van der Waals surface area contributed by atoms with Gasteiger partial charge in [-0.1, -0.05) is 45.4 Å². The number of fused-ring (bicyclic) bond motifs is 3. The quantitative estimate of drug-likeness (QED) is 0.199. The summed E-state index contributed by atoms with van der Waals surface area (Å²) in [5, 5.41) is 33.9. The van der Waals surface area contributed by atoms with E-state index in [9.17, 15) is 34.5 Å². The molecular formula is C42H67NO11. The molecule has 4 aliphatic rings. The fourth-order valence-electron chi connectivity index (χ4n) is 9.12. The molecule has 12 heteroatoms. The Balaban J connectivity index is 1.74. The van der Waals surface area contributed by atoms with Gasteiger partial charge in [0.1, 0.15) is 17.9 Å². The third kappa shape index (κ3) is 10.5. The van der Waals surface area contributed by atoms with Crippen LogP contribution in [0.2, 0.25) is 0 Å². The lowest BCUT2D eigenvalue weighted by Crippen LogP contribution is -2.61. The van der Waals surface area contributed by atoms with E-state index in [0.717, 1.165) is 5.57 Å². The number of Topliss-reactive ketones (excluding diaryl/α,β-unsaturated/α-hetero) is 2. The molecule has 1 amide bonds. The molecule has 0 aromatic carbocycles. The monoisotopic (exact) mass is 761 g/mol. The van der Waals surface area contributed by atoms with Gasteiger partial charge in [-0.15, -0.1) is 0 Å². The molecule has 3 heterocycles. The second kappa shape index (κ2) is 19.6. The number of nitrogens with zero attached hydrogens (tertiary/aromatic N) is 1. The summed E-state index contributed by atoms with van der Waals surface area (Å²) in [6.45, 7) is 11.4. The smallest absolute Gasteiger partial charge is 0.329 e. The topological polar surface area (TPSA) is 169 Å². The average molecular weight is 762 g/mol. The van der Waals surface area contributed by atoms with Crippen molar-refractivity contribution in [2.45, 2.75) is 167 Å². The molecule has 13 atom stereocenters. The van der Waals surface area contributed by atoms with Crippen LogP contribution in [0.15, 0.2) is 23.3 Å². The SMILES string of the molecule is CC[C@@H]1/C=C(\C)C[C@H](C)C[C@H](OC)[C@@H]2CC[C@@H](C)[C@@](O)(O2)C(=O)C(=O)N2CCCCC2C(=O)O[C@H](/C(C)=C/[C@@H]2CC[C@@H](O)[C@H](OC)C2)[C@H](C)[C@@H](O)CC1=O. The minimum absolute atomic E-state index is 0.0123. The molecule has 3 N–H and O–H groups in total. The lowest BCUT2D eigenvalue weighted by atomic mass is 9.81. The maximum Gasteiger partial charge on any atom is 0.329 e. The Kier molecular flexibility index (Phi) is 16.0. The molecule has 1 aliphatic carbocycles.